The van der Waals surface area contributed by atoms with E-state index in [1.807, 2.05) is 38.1 Å². The molecule has 0 N–H and O–H groups in total. The van der Waals surface area contributed by atoms with Crippen LogP contribution in [-0.4, -0.2) is 12.6 Å². The van der Waals surface area contributed by atoms with Crippen LogP contribution in [0.2, 0.25) is 0 Å². The van der Waals surface area contributed by atoms with Crippen LogP contribution >= 0.6 is 11.8 Å². The largest absolute Gasteiger partial charge is 0.465 e. The molecule has 1 aromatic rings. The Balaban J connectivity index is 2.46. The molecule has 19 heavy (non-hydrogen) atoms. The molecule has 0 saturated heterocycles. The number of hydrogen-bond acceptors (Lipinski definition) is 3. The zero-order valence-electron chi connectivity index (χ0n) is 11.9. The minimum absolute atomic E-state index is 0.138. The van der Waals surface area contributed by atoms with Gasteiger partial charge in [0.15, 0.2) is 0 Å². The van der Waals surface area contributed by atoms with Crippen molar-refractivity contribution in [2.45, 2.75) is 38.5 Å². The highest BCUT2D eigenvalue weighted by atomic mass is 32.2. The molecule has 2 nitrogen and oxygen atoms in total. The lowest BCUT2D eigenvalue weighted by molar-refractivity contribution is -0.146. The van der Waals surface area contributed by atoms with Gasteiger partial charge in [-0.15, -0.1) is 0 Å². The summed E-state index contributed by atoms with van der Waals surface area (Å²) in [4.78, 5) is 14.0. The molecule has 1 atom stereocenters. The zero-order chi connectivity index (χ0) is 14.1. The van der Waals surface area contributed by atoms with Crippen molar-refractivity contribution in [3.05, 3.63) is 41.3 Å². The third-order valence-corrected chi connectivity index (χ3v) is 3.59. The minimum Gasteiger partial charge on any atom is -0.465 e. The van der Waals surface area contributed by atoms with Crippen LogP contribution in [0.5, 0.6) is 0 Å². The fourth-order valence-electron chi connectivity index (χ4n) is 1.58. The van der Waals surface area contributed by atoms with Crippen molar-refractivity contribution >= 4 is 17.7 Å². The summed E-state index contributed by atoms with van der Waals surface area (Å²) < 4.78 is 5.20. The molecule has 0 bridgehead atoms. The minimum atomic E-state index is -0.187. The number of carbonyl (C=O) groups is 1. The first-order chi connectivity index (χ1) is 9.13. The van der Waals surface area contributed by atoms with Gasteiger partial charge < -0.3 is 4.74 Å². The number of benzene rings is 1. The van der Waals surface area contributed by atoms with E-state index in [0.29, 0.717) is 6.61 Å². The molecule has 0 fully saturated rings. The first-order valence-corrected chi connectivity index (χ1v) is 7.53. The van der Waals surface area contributed by atoms with E-state index < -0.39 is 0 Å². The highest BCUT2D eigenvalue weighted by molar-refractivity contribution is 8.03. The first kappa shape index (κ1) is 15.8. The van der Waals surface area contributed by atoms with Crippen LogP contribution in [0.3, 0.4) is 0 Å². The third kappa shape index (κ3) is 6.48. The van der Waals surface area contributed by atoms with E-state index in [1.165, 1.54) is 4.90 Å². The smallest absolute Gasteiger partial charge is 0.312 e. The summed E-state index contributed by atoms with van der Waals surface area (Å²) in [6.45, 7) is 6.51. The predicted octanol–water partition coefficient (Wildman–Crippen LogP) is 4.66. The van der Waals surface area contributed by atoms with Crippen molar-refractivity contribution in [3.8, 4) is 0 Å². The number of esters is 1. The second-order valence-electron chi connectivity index (χ2n) is 4.50. The quantitative estimate of drug-likeness (QED) is 0.412. The second-order valence-corrected chi connectivity index (χ2v) is 5.82. The maximum Gasteiger partial charge on any atom is 0.312 e. The standard InChI is InChI=1S/C16H22O2S/c1-4-5-11-18-16(17)13(2)12-14(3)19-15-9-7-6-8-10-15/h6-10,12-13H,4-5,11H2,1-3H3/b14-12+. The predicted molar refractivity (Wildman–Crippen MR) is 81.1 cm³/mol. The molecule has 0 saturated carbocycles. The molecule has 1 aromatic carbocycles. The lowest BCUT2D eigenvalue weighted by Crippen LogP contribution is -2.13. The molecule has 3 heteroatoms. The van der Waals surface area contributed by atoms with Crippen LogP contribution in [-0.2, 0) is 9.53 Å². The van der Waals surface area contributed by atoms with Gasteiger partial charge in [-0.25, -0.2) is 0 Å². The summed E-state index contributed by atoms with van der Waals surface area (Å²) in [5, 5.41) is 0. The Labute approximate surface area is 120 Å². The van der Waals surface area contributed by atoms with Crippen molar-refractivity contribution in [1.82, 2.24) is 0 Å². The van der Waals surface area contributed by atoms with Gasteiger partial charge >= 0.3 is 5.97 Å². The van der Waals surface area contributed by atoms with Crippen molar-refractivity contribution < 1.29 is 9.53 Å². The van der Waals surface area contributed by atoms with Gasteiger partial charge in [0.2, 0.25) is 0 Å². The van der Waals surface area contributed by atoms with Crippen LogP contribution in [0.1, 0.15) is 33.6 Å². The Bertz CT molecular complexity index is 412. The molecule has 1 unspecified atom stereocenters. The number of carbonyl (C=O) groups excluding carboxylic acids is 1. The van der Waals surface area contributed by atoms with E-state index in [1.54, 1.807) is 11.8 Å². The van der Waals surface area contributed by atoms with Gasteiger partial charge in [0.1, 0.15) is 0 Å². The van der Waals surface area contributed by atoms with Crippen LogP contribution in [0, 0.1) is 5.92 Å². The third-order valence-electron chi connectivity index (χ3n) is 2.62. The Morgan fingerprint density at radius 1 is 1.37 bits per heavy atom. The molecule has 104 valence electrons. The molecule has 0 heterocycles. The molecule has 0 aromatic heterocycles. The lowest BCUT2D eigenvalue weighted by Gasteiger charge is -2.09. The number of unbranched alkanes of at least 4 members (excludes halogenated alkanes) is 1. The van der Waals surface area contributed by atoms with Gasteiger partial charge in [0.05, 0.1) is 12.5 Å². The maximum atomic E-state index is 11.7. The summed E-state index contributed by atoms with van der Waals surface area (Å²) >= 11 is 1.67. The number of thioether (sulfide) groups is 1. The summed E-state index contributed by atoms with van der Waals surface area (Å²) in [7, 11) is 0. The van der Waals surface area contributed by atoms with Gasteiger partial charge in [0, 0.05) is 4.90 Å². The maximum absolute atomic E-state index is 11.7. The van der Waals surface area contributed by atoms with Gasteiger partial charge in [-0.1, -0.05) is 49.4 Å². The topological polar surface area (TPSA) is 26.3 Å². The first-order valence-electron chi connectivity index (χ1n) is 6.71. The molecule has 0 spiro atoms. The lowest BCUT2D eigenvalue weighted by atomic mass is 10.2. The highest BCUT2D eigenvalue weighted by Gasteiger charge is 2.11. The summed E-state index contributed by atoms with van der Waals surface area (Å²) in [6, 6.07) is 10.1. The monoisotopic (exact) mass is 278 g/mol. The van der Waals surface area contributed by atoms with Crippen LogP contribution in [0.15, 0.2) is 46.2 Å². The number of allylic oxidation sites excluding steroid dienone is 1. The molecule has 0 amide bonds. The Hall–Kier alpha value is -1.22. The van der Waals surface area contributed by atoms with E-state index >= 15 is 0 Å². The summed E-state index contributed by atoms with van der Waals surface area (Å²) in [5.41, 5.74) is 0. The van der Waals surface area contributed by atoms with Gasteiger partial charge in [-0.2, -0.15) is 0 Å². The van der Waals surface area contributed by atoms with Crippen LogP contribution < -0.4 is 0 Å². The fourth-order valence-corrected chi connectivity index (χ4v) is 2.51. The van der Waals surface area contributed by atoms with E-state index in [-0.39, 0.29) is 11.9 Å². The highest BCUT2D eigenvalue weighted by Crippen LogP contribution is 2.26. The van der Waals surface area contributed by atoms with Crippen LogP contribution in [0.4, 0.5) is 0 Å². The molecule has 0 aliphatic heterocycles. The van der Waals surface area contributed by atoms with E-state index in [9.17, 15) is 4.79 Å². The molecular weight excluding hydrogens is 256 g/mol. The summed E-state index contributed by atoms with van der Waals surface area (Å²) in [6.07, 6.45) is 3.94. The van der Waals surface area contributed by atoms with Gasteiger partial charge in [-0.05, 0) is 37.3 Å². The van der Waals surface area contributed by atoms with E-state index in [0.717, 1.165) is 17.7 Å². The molecule has 0 aliphatic carbocycles. The van der Waals surface area contributed by atoms with Crippen molar-refractivity contribution in [3.63, 3.8) is 0 Å². The van der Waals surface area contributed by atoms with E-state index in [4.69, 9.17) is 4.74 Å². The second kappa shape index (κ2) is 8.81. The van der Waals surface area contributed by atoms with Crippen molar-refractivity contribution in [2.24, 2.45) is 5.92 Å². The molecule has 0 radical (unpaired) electrons. The summed E-state index contributed by atoms with van der Waals surface area (Å²) in [5.74, 6) is -0.325. The average Bonchev–Trinajstić information content (AvgIpc) is 2.39. The van der Waals surface area contributed by atoms with Crippen LogP contribution in [0.25, 0.3) is 0 Å². The molecule has 0 aliphatic rings. The SMILES string of the molecule is CCCCOC(=O)C(C)/C=C(\C)Sc1ccccc1. The zero-order valence-corrected chi connectivity index (χ0v) is 12.7. The van der Waals surface area contributed by atoms with Gasteiger partial charge in [-0.3, -0.25) is 4.79 Å². The van der Waals surface area contributed by atoms with Crippen molar-refractivity contribution in [1.29, 1.82) is 0 Å². The number of ether oxygens (including phenoxy) is 1. The average molecular weight is 278 g/mol. The molecule has 1 rings (SSSR count). The fraction of sp³-hybridized carbons (Fsp3) is 0.438. The Morgan fingerprint density at radius 2 is 2.05 bits per heavy atom. The van der Waals surface area contributed by atoms with Gasteiger partial charge in [0.25, 0.3) is 0 Å². The Kier molecular flexibility index (Phi) is 7.34. The number of hydrogen-bond donors (Lipinski definition) is 0. The van der Waals surface area contributed by atoms with Crippen molar-refractivity contribution in [2.75, 3.05) is 6.61 Å². The number of rotatable bonds is 7. The Morgan fingerprint density at radius 3 is 2.68 bits per heavy atom. The normalized spacial score (nSPS) is 13.1. The molecular formula is C16H22O2S. The van der Waals surface area contributed by atoms with E-state index in [2.05, 4.69) is 19.1 Å².